The molecule has 1 aromatic carbocycles. The van der Waals surface area contributed by atoms with Crippen LogP contribution in [0.2, 0.25) is 20.5 Å². The van der Waals surface area contributed by atoms with E-state index in [1.54, 1.807) is 31.8 Å². The Morgan fingerprint density at radius 1 is 0.893 bits per heavy atom. The van der Waals surface area contributed by atoms with Crippen molar-refractivity contribution >= 4 is 33.3 Å². The van der Waals surface area contributed by atoms with E-state index in [1.165, 1.54) is 0 Å². The molecule has 0 radical (unpaired) electrons. The smallest absolute Gasteiger partial charge is 0.538 e. The van der Waals surface area contributed by atoms with Crippen molar-refractivity contribution in [3.63, 3.8) is 0 Å². The van der Waals surface area contributed by atoms with E-state index < -0.39 is 7.12 Å². The van der Waals surface area contributed by atoms with Crippen LogP contribution in [0.15, 0.2) is 36.6 Å². The molecule has 0 N–H and O–H groups in total. The van der Waals surface area contributed by atoms with Gasteiger partial charge in [0.05, 0.1) is 24.4 Å². The molecule has 1 aromatic rings. The molecular weight excluding hydrogens is 365 g/mol. The second-order valence-corrected chi connectivity index (χ2v) is 5.80. The Balaban J connectivity index is 0.000000216. The largest absolute Gasteiger partial charge is 0.593 e. The van der Waals surface area contributed by atoms with E-state index in [-0.39, 0.29) is 33.6 Å². The summed E-state index contributed by atoms with van der Waals surface area (Å²) in [5.74, 6) is 0.849. The Bertz CT molecular complexity index is 684. The zero-order chi connectivity index (χ0) is 19.8. The number of hydrogen-bond acceptors (Lipinski definition) is 8. The lowest BCUT2D eigenvalue weighted by Crippen LogP contribution is -2.31. The third-order valence-electron chi connectivity index (χ3n) is 3.44. The van der Waals surface area contributed by atoms with Gasteiger partial charge >= 0.3 is 27.3 Å². The van der Waals surface area contributed by atoms with E-state index in [2.05, 4.69) is 11.2 Å². The van der Waals surface area contributed by atoms with Gasteiger partial charge in [-0.1, -0.05) is 26.1 Å². The van der Waals surface area contributed by atoms with Gasteiger partial charge in [0.25, 0.3) is 5.97 Å². The molecule has 3 heterocycles. The third-order valence-corrected chi connectivity index (χ3v) is 3.44. The summed E-state index contributed by atoms with van der Waals surface area (Å²) in [7, 11) is -0.892. The SMILES string of the molecule is C.C=C1COB(C)O1.CB1OC(=O)c2ccccc2O1.CB1OCCC(=O)O1. The molecule has 0 aromatic heterocycles. The quantitative estimate of drug-likeness (QED) is 0.626. The Labute approximate surface area is 166 Å². The molecule has 2 saturated heterocycles. The molecule has 0 unspecified atom stereocenters. The number of carbonyl (C=O) groups is 2. The Hall–Kier alpha value is -2.39. The fraction of sp³-hybridized carbons (Fsp3) is 0.412. The van der Waals surface area contributed by atoms with Gasteiger partial charge in [-0.3, -0.25) is 4.79 Å². The maximum Gasteiger partial charge on any atom is 0.593 e. The monoisotopic (exact) mass is 390 g/mol. The van der Waals surface area contributed by atoms with E-state index in [0.717, 1.165) is 5.76 Å². The third kappa shape index (κ3) is 7.70. The number of hydrogen-bond donors (Lipinski definition) is 0. The molecule has 3 aliphatic rings. The van der Waals surface area contributed by atoms with Crippen LogP contribution < -0.4 is 4.65 Å². The van der Waals surface area contributed by atoms with Gasteiger partial charge in [-0.15, -0.1) is 0 Å². The second kappa shape index (κ2) is 11.5. The van der Waals surface area contributed by atoms with Crippen molar-refractivity contribution in [3.05, 3.63) is 42.2 Å². The summed E-state index contributed by atoms with van der Waals surface area (Å²) in [4.78, 5) is 21.6. The van der Waals surface area contributed by atoms with Crippen LogP contribution in [0.1, 0.15) is 24.2 Å². The Morgan fingerprint density at radius 2 is 1.57 bits per heavy atom. The lowest BCUT2D eigenvalue weighted by atomic mass is 9.92. The second-order valence-electron chi connectivity index (χ2n) is 5.80. The first-order valence-corrected chi connectivity index (χ1v) is 8.59. The summed E-state index contributed by atoms with van der Waals surface area (Å²) in [6.45, 7) is 9.85. The molecule has 0 atom stereocenters. The molecule has 0 saturated carbocycles. The van der Waals surface area contributed by atoms with E-state index in [0.29, 0.717) is 30.9 Å². The molecule has 0 aliphatic carbocycles. The number of para-hydroxylation sites is 1. The van der Waals surface area contributed by atoms with E-state index in [9.17, 15) is 9.59 Å². The van der Waals surface area contributed by atoms with Gasteiger partial charge in [-0.05, 0) is 32.6 Å². The van der Waals surface area contributed by atoms with Gasteiger partial charge in [-0.2, -0.15) is 0 Å². The van der Waals surface area contributed by atoms with Crippen LogP contribution >= 0.6 is 0 Å². The van der Waals surface area contributed by atoms with Gasteiger partial charge < -0.3 is 27.9 Å². The normalized spacial score (nSPS) is 17.2. The molecule has 0 amide bonds. The van der Waals surface area contributed by atoms with E-state index >= 15 is 0 Å². The topological polar surface area (TPSA) is 89.5 Å². The number of fused-ring (bicyclic) bond motifs is 1. The fourth-order valence-electron chi connectivity index (χ4n) is 2.25. The first kappa shape index (κ1) is 23.7. The maximum absolute atomic E-state index is 11.2. The van der Waals surface area contributed by atoms with Gasteiger partial charge in [-0.25, -0.2) is 4.79 Å². The average molecular weight is 390 g/mol. The molecule has 150 valence electrons. The lowest BCUT2D eigenvalue weighted by Gasteiger charge is -2.19. The summed E-state index contributed by atoms with van der Waals surface area (Å²) in [6.07, 6.45) is 0.393. The highest BCUT2D eigenvalue weighted by atomic mass is 16.6. The number of carbonyl (C=O) groups excluding carboxylic acids is 2. The zero-order valence-corrected chi connectivity index (χ0v) is 15.6. The first-order valence-electron chi connectivity index (χ1n) is 8.59. The maximum atomic E-state index is 11.2. The van der Waals surface area contributed by atoms with Crippen LogP contribution in [0.3, 0.4) is 0 Å². The molecule has 3 aliphatic heterocycles. The highest BCUT2D eigenvalue weighted by Crippen LogP contribution is 2.23. The molecule has 8 nitrogen and oxygen atoms in total. The van der Waals surface area contributed by atoms with Crippen LogP contribution in [0.4, 0.5) is 0 Å². The summed E-state index contributed by atoms with van der Waals surface area (Å²) < 4.78 is 29.5. The van der Waals surface area contributed by atoms with Gasteiger partial charge in [0.1, 0.15) is 5.75 Å². The minimum absolute atomic E-state index is 0. The minimum atomic E-state index is -0.479. The van der Waals surface area contributed by atoms with Crippen molar-refractivity contribution in [1.82, 2.24) is 0 Å². The highest BCUT2D eigenvalue weighted by Gasteiger charge is 2.28. The van der Waals surface area contributed by atoms with Crippen molar-refractivity contribution in [3.8, 4) is 5.75 Å². The van der Waals surface area contributed by atoms with E-state index in [4.69, 9.17) is 23.3 Å². The molecule has 11 heteroatoms. The van der Waals surface area contributed by atoms with Crippen LogP contribution in [0.5, 0.6) is 5.75 Å². The predicted molar refractivity (Wildman–Crippen MR) is 107 cm³/mol. The first-order chi connectivity index (χ1) is 12.8. The van der Waals surface area contributed by atoms with E-state index in [1.807, 2.05) is 12.9 Å². The van der Waals surface area contributed by atoms with Gasteiger partial charge in [0.15, 0.2) is 0 Å². The Morgan fingerprint density at radius 3 is 2.07 bits per heavy atom. The molecule has 0 spiro atoms. The van der Waals surface area contributed by atoms with Crippen LogP contribution in [0.25, 0.3) is 0 Å². The summed E-state index contributed by atoms with van der Waals surface area (Å²) in [5, 5.41) is 0. The van der Waals surface area contributed by atoms with Crippen LogP contribution in [-0.2, 0) is 28.1 Å². The standard InChI is InChI=1S/C8H7BO3.C4H7BO3.C4H7BO2.CH4/c1-9-11-7-5-3-2-4-6(7)8(10)12-9;1-5-7-3-2-4(6)8-5;1-4-3-6-5(2)7-4;/h2-5H,1H3;2-3H2,1H3;1,3H2,2H3;1H4. The number of rotatable bonds is 0. The minimum Gasteiger partial charge on any atom is -0.538 e. The van der Waals surface area contributed by atoms with Crippen molar-refractivity contribution in [1.29, 1.82) is 0 Å². The molecule has 0 bridgehead atoms. The van der Waals surface area contributed by atoms with Crippen molar-refractivity contribution in [2.75, 3.05) is 13.2 Å². The number of benzene rings is 1. The average Bonchev–Trinajstić information content (AvgIpc) is 2.98. The fourth-order valence-corrected chi connectivity index (χ4v) is 2.25. The van der Waals surface area contributed by atoms with Crippen molar-refractivity contribution in [2.24, 2.45) is 0 Å². The summed E-state index contributed by atoms with van der Waals surface area (Å²) >= 11 is 0. The van der Waals surface area contributed by atoms with Crippen LogP contribution in [0, 0.1) is 0 Å². The summed E-state index contributed by atoms with van der Waals surface area (Å²) in [6, 6.07) is 7.04. The van der Waals surface area contributed by atoms with Gasteiger partial charge in [0.2, 0.25) is 0 Å². The van der Waals surface area contributed by atoms with Gasteiger partial charge in [0, 0.05) is 6.61 Å². The van der Waals surface area contributed by atoms with Crippen molar-refractivity contribution < 1.29 is 37.5 Å². The zero-order valence-electron chi connectivity index (χ0n) is 15.6. The predicted octanol–water partition coefficient (Wildman–Crippen LogP) is 2.72. The molecule has 4 rings (SSSR count). The van der Waals surface area contributed by atoms with Crippen LogP contribution in [-0.4, -0.2) is 46.5 Å². The lowest BCUT2D eigenvalue weighted by molar-refractivity contribution is -0.139. The molecule has 28 heavy (non-hydrogen) atoms. The Kier molecular flexibility index (Phi) is 9.68. The molecular formula is C17H25B3O8. The summed E-state index contributed by atoms with van der Waals surface area (Å²) in [5.41, 5.74) is 0.496. The highest BCUT2D eigenvalue weighted by molar-refractivity contribution is 6.47. The molecule has 2 fully saturated rings. The van der Waals surface area contributed by atoms with Crippen molar-refractivity contribution in [2.45, 2.75) is 34.3 Å².